The lowest BCUT2D eigenvalue weighted by molar-refractivity contribution is 0.0980. The van der Waals surface area contributed by atoms with Crippen LogP contribution in [0.15, 0.2) is 12.1 Å². The third kappa shape index (κ3) is 1.73. The molecule has 1 rings (SSSR count). The Kier molecular flexibility index (Phi) is 3.17. The van der Waals surface area contributed by atoms with E-state index in [2.05, 4.69) is 0 Å². The number of ketones is 1. The highest BCUT2D eigenvalue weighted by Gasteiger charge is 2.19. The van der Waals surface area contributed by atoms with Gasteiger partial charge in [-0.05, 0) is 12.1 Å². The van der Waals surface area contributed by atoms with Gasteiger partial charge in [-0.3, -0.25) is 4.79 Å². The van der Waals surface area contributed by atoms with Crippen molar-refractivity contribution < 1.29 is 18.3 Å². The minimum Gasteiger partial charge on any atom is -0.496 e. The molecule has 0 N–H and O–H groups in total. The molecule has 76 valence electrons. The van der Waals surface area contributed by atoms with Gasteiger partial charge in [0.15, 0.2) is 17.4 Å². The normalized spacial score (nSPS) is 10.0. The summed E-state index contributed by atoms with van der Waals surface area (Å²) in [6, 6.07) is 2.17. The lowest BCUT2D eigenvalue weighted by Gasteiger charge is -2.07. The Bertz CT molecular complexity index is 361. The van der Waals surface area contributed by atoms with Crippen molar-refractivity contribution in [2.45, 2.75) is 13.3 Å². The molecular weight excluding hydrogens is 190 g/mol. The van der Waals surface area contributed by atoms with Crippen LogP contribution in [0.4, 0.5) is 8.78 Å². The van der Waals surface area contributed by atoms with Gasteiger partial charge in [-0.25, -0.2) is 8.78 Å². The Hall–Kier alpha value is -1.45. The molecule has 0 spiro atoms. The maximum atomic E-state index is 13.2. The van der Waals surface area contributed by atoms with Crippen LogP contribution in [-0.4, -0.2) is 12.9 Å². The number of carbonyl (C=O) groups is 1. The number of Topliss-reactive ketones (excluding diaryl/α,β-unsaturated/α-hetero) is 1. The van der Waals surface area contributed by atoms with Crippen LogP contribution in [0.25, 0.3) is 0 Å². The minimum atomic E-state index is -1.14. The van der Waals surface area contributed by atoms with E-state index >= 15 is 0 Å². The molecule has 0 aliphatic carbocycles. The van der Waals surface area contributed by atoms with Crippen LogP contribution in [0.2, 0.25) is 0 Å². The fraction of sp³-hybridized carbons (Fsp3) is 0.300. The predicted molar refractivity (Wildman–Crippen MR) is 47.5 cm³/mol. The number of rotatable bonds is 3. The summed E-state index contributed by atoms with van der Waals surface area (Å²) >= 11 is 0. The van der Waals surface area contributed by atoms with Gasteiger partial charge < -0.3 is 4.74 Å². The van der Waals surface area contributed by atoms with Crippen LogP contribution in [0.3, 0.4) is 0 Å². The van der Waals surface area contributed by atoms with Crippen molar-refractivity contribution in [1.29, 1.82) is 0 Å². The van der Waals surface area contributed by atoms with E-state index in [1.807, 2.05) is 0 Å². The molecule has 0 unspecified atom stereocenters. The van der Waals surface area contributed by atoms with Gasteiger partial charge in [0.05, 0.1) is 12.7 Å². The van der Waals surface area contributed by atoms with Crippen LogP contribution in [-0.2, 0) is 0 Å². The summed E-state index contributed by atoms with van der Waals surface area (Å²) in [7, 11) is 1.30. The van der Waals surface area contributed by atoms with Gasteiger partial charge in [0.2, 0.25) is 0 Å². The van der Waals surface area contributed by atoms with Gasteiger partial charge in [0.1, 0.15) is 5.75 Å². The number of halogens is 2. The van der Waals surface area contributed by atoms with E-state index in [0.717, 1.165) is 6.07 Å². The largest absolute Gasteiger partial charge is 0.496 e. The maximum Gasteiger partial charge on any atom is 0.173 e. The summed E-state index contributed by atoms with van der Waals surface area (Å²) in [5.41, 5.74) is -0.310. The summed E-state index contributed by atoms with van der Waals surface area (Å²) in [6.45, 7) is 1.58. The van der Waals surface area contributed by atoms with Gasteiger partial charge in [-0.2, -0.15) is 0 Å². The van der Waals surface area contributed by atoms with Gasteiger partial charge >= 0.3 is 0 Å². The highest BCUT2D eigenvalue weighted by Crippen LogP contribution is 2.24. The number of ether oxygens (including phenoxy) is 1. The van der Waals surface area contributed by atoms with Crippen molar-refractivity contribution in [3.05, 3.63) is 29.3 Å². The molecule has 1 aromatic rings. The standard InChI is InChI=1S/C10H10F2O2/c1-3-7(13)9-8(14-2)5-4-6(11)10(9)12/h4-5H,3H2,1-2H3. The number of hydrogen-bond acceptors (Lipinski definition) is 2. The van der Waals surface area contributed by atoms with Crippen molar-refractivity contribution >= 4 is 5.78 Å². The second-order valence-corrected chi connectivity index (χ2v) is 2.72. The number of benzene rings is 1. The van der Waals surface area contributed by atoms with E-state index in [1.54, 1.807) is 6.92 Å². The van der Waals surface area contributed by atoms with Gasteiger partial charge in [-0.15, -0.1) is 0 Å². The fourth-order valence-electron chi connectivity index (χ4n) is 1.14. The SMILES string of the molecule is CCC(=O)c1c(OC)ccc(F)c1F. The molecule has 0 heterocycles. The van der Waals surface area contributed by atoms with Crippen LogP contribution < -0.4 is 4.74 Å². The van der Waals surface area contributed by atoms with Gasteiger partial charge in [-0.1, -0.05) is 6.92 Å². The Morgan fingerprint density at radius 1 is 1.43 bits per heavy atom. The monoisotopic (exact) mass is 200 g/mol. The molecule has 0 aliphatic rings. The number of methoxy groups -OCH3 is 1. The van der Waals surface area contributed by atoms with Crippen molar-refractivity contribution in [3.8, 4) is 5.75 Å². The molecule has 0 amide bonds. The third-order valence-electron chi connectivity index (χ3n) is 1.88. The molecule has 14 heavy (non-hydrogen) atoms. The van der Waals surface area contributed by atoms with E-state index in [-0.39, 0.29) is 17.7 Å². The van der Waals surface area contributed by atoms with Crippen LogP contribution >= 0.6 is 0 Å². The molecule has 4 heteroatoms. The molecule has 0 fully saturated rings. The van der Waals surface area contributed by atoms with E-state index in [0.29, 0.717) is 0 Å². The Morgan fingerprint density at radius 2 is 2.07 bits per heavy atom. The fourth-order valence-corrected chi connectivity index (χ4v) is 1.14. The van der Waals surface area contributed by atoms with Gasteiger partial charge in [0.25, 0.3) is 0 Å². The molecule has 0 radical (unpaired) electrons. The Balaban J connectivity index is 3.35. The molecule has 0 aliphatic heterocycles. The summed E-state index contributed by atoms with van der Waals surface area (Å²) in [5.74, 6) is -2.59. The second kappa shape index (κ2) is 4.17. The van der Waals surface area contributed by atoms with Crippen LogP contribution in [0.5, 0.6) is 5.75 Å². The zero-order valence-corrected chi connectivity index (χ0v) is 7.93. The number of carbonyl (C=O) groups excluding carboxylic acids is 1. The van der Waals surface area contributed by atoms with E-state index in [4.69, 9.17) is 4.74 Å². The van der Waals surface area contributed by atoms with Gasteiger partial charge in [0, 0.05) is 6.42 Å². The first kappa shape index (κ1) is 10.6. The smallest absolute Gasteiger partial charge is 0.173 e. The molecule has 0 aromatic heterocycles. The van der Waals surface area contributed by atoms with E-state index in [1.165, 1.54) is 13.2 Å². The summed E-state index contributed by atoms with van der Waals surface area (Å²) in [6.07, 6.45) is 0.108. The zero-order valence-electron chi connectivity index (χ0n) is 7.93. The van der Waals surface area contributed by atoms with Crippen molar-refractivity contribution in [3.63, 3.8) is 0 Å². The topological polar surface area (TPSA) is 26.3 Å². The molecule has 2 nitrogen and oxygen atoms in total. The summed E-state index contributed by atoms with van der Waals surface area (Å²) in [4.78, 5) is 11.3. The third-order valence-corrected chi connectivity index (χ3v) is 1.88. The van der Waals surface area contributed by atoms with E-state index in [9.17, 15) is 13.6 Å². The average Bonchev–Trinajstić information content (AvgIpc) is 2.20. The quantitative estimate of drug-likeness (QED) is 0.701. The second-order valence-electron chi connectivity index (χ2n) is 2.72. The average molecular weight is 200 g/mol. The molecular formula is C10H10F2O2. The Labute approximate surface area is 80.5 Å². The minimum absolute atomic E-state index is 0.0655. The lowest BCUT2D eigenvalue weighted by Crippen LogP contribution is -2.05. The zero-order chi connectivity index (χ0) is 10.7. The van der Waals surface area contributed by atoms with Crippen LogP contribution in [0.1, 0.15) is 23.7 Å². The first-order valence-corrected chi connectivity index (χ1v) is 4.17. The van der Waals surface area contributed by atoms with Crippen LogP contribution in [0, 0.1) is 11.6 Å². The van der Waals surface area contributed by atoms with Crippen molar-refractivity contribution in [2.75, 3.05) is 7.11 Å². The van der Waals surface area contributed by atoms with E-state index < -0.39 is 17.4 Å². The summed E-state index contributed by atoms with van der Waals surface area (Å²) in [5, 5.41) is 0. The highest BCUT2D eigenvalue weighted by atomic mass is 19.2. The highest BCUT2D eigenvalue weighted by molar-refractivity contribution is 5.98. The number of hydrogen-bond donors (Lipinski definition) is 0. The van der Waals surface area contributed by atoms with Crippen molar-refractivity contribution in [1.82, 2.24) is 0 Å². The summed E-state index contributed by atoms with van der Waals surface area (Å²) < 4.78 is 30.8. The molecule has 0 bridgehead atoms. The first-order chi connectivity index (χ1) is 6.61. The Morgan fingerprint density at radius 3 is 2.57 bits per heavy atom. The maximum absolute atomic E-state index is 13.2. The first-order valence-electron chi connectivity index (χ1n) is 4.17. The lowest BCUT2D eigenvalue weighted by atomic mass is 10.1. The molecule has 1 aromatic carbocycles. The van der Waals surface area contributed by atoms with Crippen molar-refractivity contribution in [2.24, 2.45) is 0 Å². The predicted octanol–water partition coefficient (Wildman–Crippen LogP) is 2.57. The molecule has 0 atom stereocenters. The molecule has 0 saturated heterocycles. The molecule has 0 saturated carbocycles.